The van der Waals surface area contributed by atoms with E-state index in [1.54, 1.807) is 0 Å². The molecule has 0 aromatic heterocycles. The van der Waals surface area contributed by atoms with Crippen molar-refractivity contribution in [1.29, 1.82) is 0 Å². The zero-order chi connectivity index (χ0) is 17.2. The average Bonchev–Trinajstić information content (AvgIpc) is 2.58. The first-order valence-corrected chi connectivity index (χ1v) is 9.61. The van der Waals surface area contributed by atoms with E-state index in [0.29, 0.717) is 30.4 Å². The largest absolute Gasteiger partial charge is 0.493 e. The maximum Gasteiger partial charge on any atom is 0.234 e. The van der Waals surface area contributed by atoms with Crippen molar-refractivity contribution in [2.75, 3.05) is 30.0 Å². The van der Waals surface area contributed by atoms with E-state index in [0.717, 1.165) is 16.0 Å². The summed E-state index contributed by atoms with van der Waals surface area (Å²) in [7, 11) is 0. The number of carbonyl (C=O) groups is 1. The van der Waals surface area contributed by atoms with Crippen LogP contribution >= 0.6 is 27.7 Å². The van der Waals surface area contributed by atoms with Crippen molar-refractivity contribution in [1.82, 2.24) is 0 Å². The van der Waals surface area contributed by atoms with Gasteiger partial charge in [0.2, 0.25) is 5.91 Å². The number of para-hydroxylation sites is 2. The lowest BCUT2D eigenvalue weighted by Gasteiger charge is -2.11. The Morgan fingerprint density at radius 2 is 1.88 bits per heavy atom. The fraction of sp³-hybridized carbons (Fsp3) is 0.278. The lowest BCUT2D eigenvalue weighted by Crippen LogP contribution is -2.16. The van der Waals surface area contributed by atoms with Crippen LogP contribution in [0.1, 0.15) is 6.92 Å². The molecule has 0 fully saturated rings. The molecular formula is C18H20BrNO3S. The molecule has 2 rings (SSSR count). The zero-order valence-electron chi connectivity index (χ0n) is 13.5. The second-order valence-corrected chi connectivity index (χ2v) is 6.85. The van der Waals surface area contributed by atoms with Gasteiger partial charge in [-0.3, -0.25) is 4.79 Å². The maximum atomic E-state index is 12.0. The Morgan fingerprint density at radius 1 is 1.12 bits per heavy atom. The summed E-state index contributed by atoms with van der Waals surface area (Å²) in [6.07, 6.45) is 0. The smallest absolute Gasteiger partial charge is 0.234 e. The minimum atomic E-state index is -0.0456. The SMILES string of the molecule is CCOc1ccccc1NC(=O)CSCCOc1ccc(Br)cc1. The third-order valence-corrected chi connectivity index (χ3v) is 4.45. The maximum absolute atomic E-state index is 12.0. The molecule has 24 heavy (non-hydrogen) atoms. The number of rotatable bonds is 9. The molecular weight excluding hydrogens is 390 g/mol. The number of ether oxygens (including phenoxy) is 2. The van der Waals surface area contributed by atoms with Crippen molar-refractivity contribution in [3.05, 3.63) is 53.0 Å². The lowest BCUT2D eigenvalue weighted by molar-refractivity contribution is -0.113. The fourth-order valence-electron chi connectivity index (χ4n) is 1.95. The van der Waals surface area contributed by atoms with E-state index < -0.39 is 0 Å². The van der Waals surface area contributed by atoms with Crippen molar-refractivity contribution in [3.63, 3.8) is 0 Å². The molecule has 128 valence electrons. The van der Waals surface area contributed by atoms with Crippen molar-refractivity contribution < 1.29 is 14.3 Å². The number of nitrogens with one attached hydrogen (secondary N) is 1. The molecule has 1 amide bonds. The number of halogens is 1. The highest BCUT2D eigenvalue weighted by molar-refractivity contribution is 9.10. The highest BCUT2D eigenvalue weighted by atomic mass is 79.9. The van der Waals surface area contributed by atoms with Crippen molar-refractivity contribution >= 4 is 39.3 Å². The minimum Gasteiger partial charge on any atom is -0.493 e. The Hall–Kier alpha value is -1.66. The topological polar surface area (TPSA) is 47.6 Å². The molecule has 0 atom stereocenters. The van der Waals surface area contributed by atoms with Gasteiger partial charge in [-0.15, -0.1) is 11.8 Å². The highest BCUT2D eigenvalue weighted by Gasteiger charge is 2.07. The van der Waals surface area contributed by atoms with Crippen LogP contribution in [0.25, 0.3) is 0 Å². The minimum absolute atomic E-state index is 0.0456. The number of hydrogen-bond donors (Lipinski definition) is 1. The molecule has 0 unspecified atom stereocenters. The molecule has 0 aliphatic heterocycles. The van der Waals surface area contributed by atoms with Gasteiger partial charge >= 0.3 is 0 Å². The van der Waals surface area contributed by atoms with E-state index >= 15 is 0 Å². The van der Waals surface area contributed by atoms with Crippen molar-refractivity contribution in [2.24, 2.45) is 0 Å². The standard InChI is InChI=1S/C18H20BrNO3S/c1-2-22-17-6-4-3-5-16(17)20-18(21)13-24-12-11-23-15-9-7-14(19)8-10-15/h3-10H,2,11-13H2,1H3,(H,20,21). The Balaban J connectivity index is 1.67. The number of carbonyl (C=O) groups excluding carboxylic acids is 1. The normalized spacial score (nSPS) is 10.2. The van der Waals surface area contributed by atoms with Crippen LogP contribution in [0, 0.1) is 0 Å². The summed E-state index contributed by atoms with van der Waals surface area (Å²) < 4.78 is 12.1. The van der Waals surface area contributed by atoms with Gasteiger partial charge in [-0.1, -0.05) is 28.1 Å². The second kappa shape index (κ2) is 10.3. The first kappa shape index (κ1) is 18.7. The van der Waals surface area contributed by atoms with E-state index in [1.165, 1.54) is 11.8 Å². The number of hydrogen-bond acceptors (Lipinski definition) is 4. The Kier molecular flexibility index (Phi) is 7.98. The van der Waals surface area contributed by atoms with Crippen molar-refractivity contribution in [2.45, 2.75) is 6.92 Å². The molecule has 6 heteroatoms. The monoisotopic (exact) mass is 409 g/mol. The summed E-state index contributed by atoms with van der Waals surface area (Å²) in [5.74, 6) is 2.60. The molecule has 1 N–H and O–H groups in total. The van der Waals surface area contributed by atoms with E-state index in [1.807, 2.05) is 55.5 Å². The van der Waals surface area contributed by atoms with Gasteiger partial charge < -0.3 is 14.8 Å². The highest BCUT2D eigenvalue weighted by Crippen LogP contribution is 2.23. The fourth-order valence-corrected chi connectivity index (χ4v) is 2.82. The van der Waals surface area contributed by atoms with Gasteiger partial charge in [0.1, 0.15) is 11.5 Å². The quantitative estimate of drug-likeness (QED) is 0.614. The van der Waals surface area contributed by atoms with Gasteiger partial charge in [0, 0.05) is 10.2 Å². The third kappa shape index (κ3) is 6.45. The lowest BCUT2D eigenvalue weighted by atomic mass is 10.3. The first-order chi connectivity index (χ1) is 11.7. The molecule has 0 spiro atoms. The van der Waals surface area contributed by atoms with Crippen LogP contribution in [-0.4, -0.2) is 30.6 Å². The van der Waals surface area contributed by atoms with E-state index in [2.05, 4.69) is 21.2 Å². The molecule has 2 aromatic carbocycles. The van der Waals surface area contributed by atoms with Crippen LogP contribution in [0.2, 0.25) is 0 Å². The Morgan fingerprint density at radius 3 is 2.62 bits per heavy atom. The second-order valence-electron chi connectivity index (χ2n) is 4.83. The van der Waals surface area contributed by atoms with Gasteiger partial charge in [0.15, 0.2) is 0 Å². The summed E-state index contributed by atoms with van der Waals surface area (Å²) in [5.41, 5.74) is 0.705. The zero-order valence-corrected chi connectivity index (χ0v) is 15.9. The molecule has 0 radical (unpaired) electrons. The molecule has 4 nitrogen and oxygen atoms in total. The summed E-state index contributed by atoms with van der Waals surface area (Å²) in [6, 6.07) is 15.1. The molecule has 2 aromatic rings. The average molecular weight is 410 g/mol. The molecule has 0 heterocycles. The number of anilines is 1. The van der Waals surface area contributed by atoms with Crippen LogP contribution in [0.4, 0.5) is 5.69 Å². The first-order valence-electron chi connectivity index (χ1n) is 7.67. The van der Waals surface area contributed by atoms with Crippen molar-refractivity contribution in [3.8, 4) is 11.5 Å². The van der Waals surface area contributed by atoms with Gasteiger partial charge in [-0.2, -0.15) is 0 Å². The van der Waals surface area contributed by atoms with E-state index in [4.69, 9.17) is 9.47 Å². The van der Waals surface area contributed by atoms with Crippen LogP contribution in [0.3, 0.4) is 0 Å². The number of thioether (sulfide) groups is 1. The summed E-state index contributed by atoms with van der Waals surface area (Å²) in [4.78, 5) is 12.0. The van der Waals surface area contributed by atoms with Crippen LogP contribution in [0.5, 0.6) is 11.5 Å². The molecule has 0 aliphatic rings. The van der Waals surface area contributed by atoms with Crippen LogP contribution in [0.15, 0.2) is 53.0 Å². The van der Waals surface area contributed by atoms with Gasteiger partial charge in [-0.25, -0.2) is 0 Å². The van der Waals surface area contributed by atoms with Crippen LogP contribution < -0.4 is 14.8 Å². The predicted molar refractivity (Wildman–Crippen MR) is 103 cm³/mol. The van der Waals surface area contributed by atoms with Gasteiger partial charge in [-0.05, 0) is 43.3 Å². The van der Waals surface area contributed by atoms with Gasteiger partial charge in [0.05, 0.1) is 24.7 Å². The van der Waals surface area contributed by atoms with E-state index in [-0.39, 0.29) is 5.91 Å². The molecule has 0 saturated carbocycles. The Bertz CT molecular complexity index is 649. The molecule has 0 saturated heterocycles. The van der Waals surface area contributed by atoms with E-state index in [9.17, 15) is 4.79 Å². The van der Waals surface area contributed by atoms with Gasteiger partial charge in [0.25, 0.3) is 0 Å². The third-order valence-electron chi connectivity index (χ3n) is 3.00. The summed E-state index contributed by atoms with van der Waals surface area (Å²) in [6.45, 7) is 3.05. The predicted octanol–water partition coefficient (Wildman–Crippen LogP) is 4.60. The number of amides is 1. The number of benzene rings is 2. The summed E-state index contributed by atoms with van der Waals surface area (Å²) >= 11 is 4.92. The molecule has 0 aliphatic carbocycles. The Labute approximate surface area is 155 Å². The van der Waals surface area contributed by atoms with Crippen LogP contribution in [-0.2, 0) is 4.79 Å². The molecule has 0 bridgehead atoms. The summed E-state index contributed by atoms with van der Waals surface area (Å²) in [5, 5.41) is 2.88.